The molecule has 0 bridgehead atoms. The van der Waals surface area contributed by atoms with Crippen LogP contribution < -0.4 is 9.47 Å². The topological polar surface area (TPSA) is 27.7 Å². The smallest absolute Gasteiger partial charge is 0.208 e. The zero-order valence-corrected chi connectivity index (χ0v) is 10.5. The average Bonchev–Trinajstić information content (AvgIpc) is 2.58. The van der Waals surface area contributed by atoms with Crippen LogP contribution in [0.1, 0.15) is 19.4 Å². The van der Waals surface area contributed by atoms with Crippen molar-refractivity contribution < 1.29 is 14.2 Å². The monoisotopic (exact) mass is 234 g/mol. The number of ether oxygens (including phenoxy) is 3. The first-order valence-corrected chi connectivity index (χ1v) is 5.67. The summed E-state index contributed by atoms with van der Waals surface area (Å²) in [6.07, 6.45) is 1.49. The van der Waals surface area contributed by atoms with E-state index in [1.54, 1.807) is 13.2 Å². The first kappa shape index (κ1) is 12.0. The predicted octanol–water partition coefficient (Wildman–Crippen LogP) is 2.89. The van der Waals surface area contributed by atoms with E-state index in [9.17, 15) is 0 Å². The van der Waals surface area contributed by atoms with Crippen LogP contribution in [-0.2, 0) is 10.2 Å². The van der Waals surface area contributed by atoms with E-state index in [1.165, 1.54) is 0 Å². The second-order valence-electron chi connectivity index (χ2n) is 4.66. The van der Waals surface area contributed by atoms with Crippen molar-refractivity contribution >= 4 is 0 Å². The average molecular weight is 234 g/mol. The van der Waals surface area contributed by atoms with E-state index in [2.05, 4.69) is 20.4 Å². The van der Waals surface area contributed by atoms with E-state index < -0.39 is 0 Å². The molecule has 3 heteroatoms. The molecule has 0 spiro atoms. The molecular weight excluding hydrogens is 216 g/mol. The van der Waals surface area contributed by atoms with Gasteiger partial charge in [-0.05, 0) is 32.0 Å². The first-order chi connectivity index (χ1) is 8.09. The van der Waals surface area contributed by atoms with Gasteiger partial charge in [0.15, 0.2) is 0 Å². The molecule has 1 aliphatic rings. The van der Waals surface area contributed by atoms with Crippen LogP contribution in [-0.4, -0.2) is 20.0 Å². The number of methoxy groups -OCH3 is 1. The van der Waals surface area contributed by atoms with E-state index in [0.29, 0.717) is 6.61 Å². The number of benzene rings is 1. The maximum atomic E-state index is 5.73. The maximum Gasteiger partial charge on any atom is 0.208 e. The van der Waals surface area contributed by atoms with Crippen LogP contribution in [0.15, 0.2) is 30.9 Å². The van der Waals surface area contributed by atoms with Crippen LogP contribution in [0.2, 0.25) is 0 Å². The number of fused-ring (bicyclic) bond motifs is 1. The van der Waals surface area contributed by atoms with Crippen molar-refractivity contribution in [1.29, 1.82) is 0 Å². The minimum atomic E-state index is -0.243. The molecule has 0 radical (unpaired) electrons. The molecule has 0 N–H and O–H groups in total. The molecule has 3 nitrogen and oxygen atoms in total. The molecule has 0 fully saturated rings. The zero-order chi connectivity index (χ0) is 12.5. The quantitative estimate of drug-likeness (QED) is 0.750. The van der Waals surface area contributed by atoms with Crippen LogP contribution >= 0.6 is 0 Å². The Labute approximate surface area is 102 Å². The summed E-state index contributed by atoms with van der Waals surface area (Å²) in [4.78, 5) is 0. The van der Waals surface area contributed by atoms with Gasteiger partial charge in [0.05, 0.1) is 5.41 Å². The van der Waals surface area contributed by atoms with Crippen molar-refractivity contribution in [2.75, 3.05) is 13.7 Å². The summed E-state index contributed by atoms with van der Waals surface area (Å²) in [5.74, 6) is 1.70. The Balaban J connectivity index is 2.31. The molecule has 1 aromatic carbocycles. The second kappa shape index (κ2) is 4.41. The second-order valence-corrected chi connectivity index (χ2v) is 4.66. The summed E-state index contributed by atoms with van der Waals surface area (Å²) in [5, 5.41) is 0. The fourth-order valence-corrected chi connectivity index (χ4v) is 2.09. The summed E-state index contributed by atoms with van der Waals surface area (Å²) in [7, 11) is 1.66. The van der Waals surface area contributed by atoms with Crippen LogP contribution in [0.5, 0.6) is 11.5 Å². The van der Waals surface area contributed by atoms with Gasteiger partial charge in [0, 0.05) is 12.7 Å². The highest BCUT2D eigenvalue weighted by molar-refractivity contribution is 5.48. The Bertz CT molecular complexity index is 423. The van der Waals surface area contributed by atoms with Crippen molar-refractivity contribution in [3.63, 3.8) is 0 Å². The minimum Gasteiger partial charge on any atom is -0.490 e. The summed E-state index contributed by atoms with van der Waals surface area (Å²) in [6.45, 7) is 8.34. The molecule has 1 atom stereocenters. The van der Waals surface area contributed by atoms with Crippen molar-refractivity contribution in [1.82, 2.24) is 0 Å². The molecule has 0 amide bonds. The third kappa shape index (κ3) is 2.03. The summed E-state index contributed by atoms with van der Waals surface area (Å²) >= 11 is 0. The molecule has 92 valence electrons. The number of rotatable bonds is 4. The number of hydrogen-bond acceptors (Lipinski definition) is 3. The summed E-state index contributed by atoms with van der Waals surface area (Å²) < 4.78 is 16.6. The lowest BCUT2D eigenvalue weighted by Gasteiger charge is -2.24. The largest absolute Gasteiger partial charge is 0.490 e. The lowest BCUT2D eigenvalue weighted by atomic mass is 9.85. The van der Waals surface area contributed by atoms with Gasteiger partial charge in [0.2, 0.25) is 6.29 Å². The fraction of sp³-hybridized carbons (Fsp3) is 0.429. The van der Waals surface area contributed by atoms with E-state index >= 15 is 0 Å². The standard InChI is InChI=1S/C14H18O3/c1-5-8-16-10-6-7-12-11(9-10)14(2,3)13(15-4)17-12/h5-7,9,13H,1,8H2,2-4H3/t13-/m0/s1. The van der Waals surface area contributed by atoms with Crippen LogP contribution in [0.3, 0.4) is 0 Å². The van der Waals surface area contributed by atoms with Gasteiger partial charge in [0.1, 0.15) is 18.1 Å². The van der Waals surface area contributed by atoms with Crippen molar-refractivity contribution in [3.05, 3.63) is 36.4 Å². The molecule has 0 saturated heterocycles. The highest BCUT2D eigenvalue weighted by atomic mass is 16.7. The van der Waals surface area contributed by atoms with Crippen molar-refractivity contribution in [2.24, 2.45) is 0 Å². The van der Waals surface area contributed by atoms with Gasteiger partial charge in [-0.2, -0.15) is 0 Å². The van der Waals surface area contributed by atoms with Gasteiger partial charge in [-0.25, -0.2) is 0 Å². The van der Waals surface area contributed by atoms with Gasteiger partial charge in [-0.1, -0.05) is 12.7 Å². The van der Waals surface area contributed by atoms with Gasteiger partial charge in [0.25, 0.3) is 0 Å². The Morgan fingerprint density at radius 3 is 2.88 bits per heavy atom. The lowest BCUT2D eigenvalue weighted by Crippen LogP contribution is -2.33. The Hall–Kier alpha value is -1.48. The molecule has 2 rings (SSSR count). The molecule has 1 aromatic rings. The SMILES string of the molecule is C=CCOc1ccc2c(c1)C(C)(C)[C@@H](OC)O2. The molecule has 0 aliphatic carbocycles. The molecule has 0 saturated carbocycles. The van der Waals surface area contributed by atoms with Gasteiger partial charge in [-0.3, -0.25) is 0 Å². The van der Waals surface area contributed by atoms with Crippen LogP contribution in [0.4, 0.5) is 0 Å². The van der Waals surface area contributed by atoms with Crippen LogP contribution in [0.25, 0.3) is 0 Å². The zero-order valence-electron chi connectivity index (χ0n) is 10.5. The molecule has 0 unspecified atom stereocenters. The van der Waals surface area contributed by atoms with E-state index in [1.807, 2.05) is 18.2 Å². The minimum absolute atomic E-state index is 0.169. The molecule has 0 aromatic heterocycles. The maximum absolute atomic E-state index is 5.73. The molecule has 1 heterocycles. The third-order valence-electron chi connectivity index (χ3n) is 3.05. The van der Waals surface area contributed by atoms with Gasteiger partial charge >= 0.3 is 0 Å². The number of hydrogen-bond donors (Lipinski definition) is 0. The predicted molar refractivity (Wildman–Crippen MR) is 66.6 cm³/mol. The molecule has 17 heavy (non-hydrogen) atoms. The van der Waals surface area contributed by atoms with Gasteiger partial charge < -0.3 is 14.2 Å². The normalized spacial score (nSPS) is 20.5. The van der Waals surface area contributed by atoms with Crippen molar-refractivity contribution in [3.8, 4) is 11.5 Å². The first-order valence-electron chi connectivity index (χ1n) is 5.67. The van der Waals surface area contributed by atoms with E-state index in [4.69, 9.17) is 14.2 Å². The van der Waals surface area contributed by atoms with E-state index in [0.717, 1.165) is 17.1 Å². The Kier molecular flexibility index (Phi) is 3.11. The third-order valence-corrected chi connectivity index (χ3v) is 3.05. The van der Waals surface area contributed by atoms with Crippen molar-refractivity contribution in [2.45, 2.75) is 25.6 Å². The fourth-order valence-electron chi connectivity index (χ4n) is 2.09. The summed E-state index contributed by atoms with van der Waals surface area (Å²) in [6, 6.07) is 5.84. The summed E-state index contributed by atoms with van der Waals surface area (Å²) in [5.41, 5.74) is 0.948. The highest BCUT2D eigenvalue weighted by Crippen LogP contribution is 2.44. The van der Waals surface area contributed by atoms with Gasteiger partial charge in [-0.15, -0.1) is 0 Å². The van der Waals surface area contributed by atoms with E-state index in [-0.39, 0.29) is 11.7 Å². The molecule has 1 aliphatic heterocycles. The highest BCUT2D eigenvalue weighted by Gasteiger charge is 2.42. The van der Waals surface area contributed by atoms with Crippen LogP contribution in [0, 0.1) is 0 Å². The lowest BCUT2D eigenvalue weighted by molar-refractivity contribution is -0.0779. The Morgan fingerprint density at radius 2 is 2.24 bits per heavy atom. The molecular formula is C14H18O3. The Morgan fingerprint density at radius 1 is 1.47 bits per heavy atom.